The van der Waals surface area contributed by atoms with Crippen LogP contribution in [0.2, 0.25) is 0 Å². The summed E-state index contributed by atoms with van der Waals surface area (Å²) in [5.74, 6) is -0.992. The van der Waals surface area contributed by atoms with Gasteiger partial charge in [0, 0.05) is 24.3 Å². The third kappa shape index (κ3) is 8.09. The van der Waals surface area contributed by atoms with E-state index in [0.29, 0.717) is 11.4 Å². The van der Waals surface area contributed by atoms with Crippen LogP contribution in [0.15, 0.2) is 42.5 Å². The summed E-state index contributed by atoms with van der Waals surface area (Å²) in [5, 5.41) is 8.06. The molecule has 0 radical (unpaired) electrons. The molecule has 0 aliphatic heterocycles. The summed E-state index contributed by atoms with van der Waals surface area (Å²) < 4.78 is 25.6. The Morgan fingerprint density at radius 1 is 0.935 bits per heavy atom. The minimum absolute atomic E-state index is 0.0389. The van der Waals surface area contributed by atoms with Crippen molar-refractivity contribution in [2.45, 2.75) is 33.2 Å². The molecule has 0 aliphatic rings. The van der Waals surface area contributed by atoms with Crippen LogP contribution in [-0.2, 0) is 26.0 Å². The number of sulfonamides is 1. The highest BCUT2D eigenvalue weighted by Crippen LogP contribution is 2.23. The molecule has 0 fully saturated rings. The lowest BCUT2D eigenvalue weighted by Gasteiger charge is -2.14. The number of carbonyl (C=O) groups is 3. The van der Waals surface area contributed by atoms with Crippen LogP contribution in [0.1, 0.15) is 36.7 Å². The summed E-state index contributed by atoms with van der Waals surface area (Å²) in [6.45, 7) is 5.08. The molecule has 0 unspecified atom stereocenters. The van der Waals surface area contributed by atoms with Crippen molar-refractivity contribution in [2.75, 3.05) is 21.6 Å². The van der Waals surface area contributed by atoms with Crippen molar-refractivity contribution in [2.24, 2.45) is 0 Å². The largest absolute Gasteiger partial charge is 0.354 e. The van der Waals surface area contributed by atoms with Crippen LogP contribution in [0.25, 0.3) is 0 Å². The van der Waals surface area contributed by atoms with Gasteiger partial charge in [0.1, 0.15) is 0 Å². The van der Waals surface area contributed by atoms with E-state index in [0.717, 1.165) is 11.8 Å². The average Bonchev–Trinajstić information content (AvgIpc) is 2.62. The molecule has 0 bridgehead atoms. The third-order valence-electron chi connectivity index (χ3n) is 3.91. The molecule has 0 saturated carbocycles. The fourth-order valence-corrected chi connectivity index (χ4v) is 3.34. The van der Waals surface area contributed by atoms with Crippen molar-refractivity contribution < 1.29 is 22.8 Å². The predicted octanol–water partition coefficient (Wildman–Crippen LogP) is 2.34. The highest BCUT2D eigenvalue weighted by Gasteiger charge is 2.16. The Hall–Kier alpha value is -3.40. The van der Waals surface area contributed by atoms with E-state index < -0.39 is 15.9 Å². The first-order valence-electron chi connectivity index (χ1n) is 9.52. The van der Waals surface area contributed by atoms with Gasteiger partial charge in [-0.1, -0.05) is 12.1 Å². The van der Waals surface area contributed by atoms with Crippen LogP contribution in [0, 0.1) is 0 Å². The molecule has 2 aromatic carbocycles. The summed E-state index contributed by atoms with van der Waals surface area (Å²) >= 11 is 0. The van der Waals surface area contributed by atoms with Crippen molar-refractivity contribution in [3.8, 4) is 0 Å². The molecule has 4 N–H and O–H groups in total. The van der Waals surface area contributed by atoms with Crippen LogP contribution in [0.5, 0.6) is 0 Å². The van der Waals surface area contributed by atoms with Gasteiger partial charge in [-0.15, -0.1) is 0 Å². The second-order valence-electron chi connectivity index (χ2n) is 7.37. The normalized spacial score (nSPS) is 11.0. The maximum absolute atomic E-state index is 12.8. The molecule has 10 heteroatoms. The Labute approximate surface area is 181 Å². The molecule has 0 aromatic heterocycles. The van der Waals surface area contributed by atoms with Gasteiger partial charge in [-0.05, 0) is 49.7 Å². The van der Waals surface area contributed by atoms with Gasteiger partial charge in [-0.25, -0.2) is 8.42 Å². The maximum Gasteiger partial charge on any atom is 0.257 e. The molecular weight excluding hydrogens is 420 g/mol. The second kappa shape index (κ2) is 10.1. The first-order chi connectivity index (χ1) is 14.4. The molecular formula is C21H26N4O5S. The molecule has 0 atom stereocenters. The van der Waals surface area contributed by atoms with Crippen molar-refractivity contribution in [1.82, 2.24) is 5.32 Å². The van der Waals surface area contributed by atoms with Crippen molar-refractivity contribution >= 4 is 44.8 Å². The zero-order valence-corrected chi connectivity index (χ0v) is 18.6. The van der Waals surface area contributed by atoms with Crippen LogP contribution in [0.4, 0.5) is 17.1 Å². The zero-order valence-electron chi connectivity index (χ0n) is 17.8. The Morgan fingerprint density at radius 2 is 1.55 bits per heavy atom. The summed E-state index contributed by atoms with van der Waals surface area (Å²) in [7, 11) is -3.62. The summed E-state index contributed by atoms with van der Waals surface area (Å²) in [6, 6.07) is 11.1. The van der Waals surface area contributed by atoms with Crippen LogP contribution >= 0.6 is 0 Å². The summed E-state index contributed by atoms with van der Waals surface area (Å²) in [4.78, 5) is 36.0. The lowest BCUT2D eigenvalue weighted by Crippen LogP contribution is -2.31. The Morgan fingerprint density at radius 3 is 2.10 bits per heavy atom. The molecule has 0 spiro atoms. The topological polar surface area (TPSA) is 133 Å². The first kappa shape index (κ1) is 23.9. The van der Waals surface area contributed by atoms with Gasteiger partial charge in [-0.2, -0.15) is 0 Å². The lowest BCUT2D eigenvalue weighted by atomic mass is 10.1. The molecule has 0 saturated heterocycles. The van der Waals surface area contributed by atoms with Crippen molar-refractivity contribution in [1.29, 1.82) is 0 Å². The Balaban J connectivity index is 2.21. The molecule has 0 heterocycles. The van der Waals surface area contributed by atoms with Crippen LogP contribution in [-0.4, -0.2) is 38.4 Å². The van der Waals surface area contributed by atoms with E-state index in [1.807, 2.05) is 13.8 Å². The van der Waals surface area contributed by atoms with E-state index in [-0.39, 0.29) is 35.5 Å². The SMILES string of the molecule is CC(=O)Nc1ccc(NS(C)(=O)=O)c(C(=O)Nc2ccc(CC(=O)NC(C)C)cc2)c1. The van der Waals surface area contributed by atoms with E-state index in [4.69, 9.17) is 0 Å². The lowest BCUT2D eigenvalue weighted by molar-refractivity contribution is -0.121. The van der Waals surface area contributed by atoms with E-state index >= 15 is 0 Å². The molecule has 31 heavy (non-hydrogen) atoms. The minimum Gasteiger partial charge on any atom is -0.354 e. The predicted molar refractivity (Wildman–Crippen MR) is 121 cm³/mol. The number of amides is 3. The monoisotopic (exact) mass is 446 g/mol. The molecule has 2 aromatic rings. The Kier molecular flexibility index (Phi) is 7.76. The summed E-state index contributed by atoms with van der Waals surface area (Å²) in [6.07, 6.45) is 1.19. The standard InChI is InChI=1S/C21H26N4O5S/c1-13(2)22-20(27)11-15-5-7-16(8-6-15)24-21(28)18-12-17(23-14(3)26)9-10-19(18)25-31(4,29)30/h5-10,12-13,25H,11H2,1-4H3,(H,22,27)(H,23,26)(H,24,28). The van der Waals surface area contributed by atoms with Gasteiger partial charge >= 0.3 is 0 Å². The van der Waals surface area contributed by atoms with Gasteiger partial charge < -0.3 is 16.0 Å². The molecule has 0 aliphatic carbocycles. The number of carbonyl (C=O) groups excluding carboxylic acids is 3. The third-order valence-corrected chi connectivity index (χ3v) is 4.50. The number of hydrogen-bond donors (Lipinski definition) is 4. The van der Waals surface area contributed by atoms with Crippen molar-refractivity contribution in [3.63, 3.8) is 0 Å². The molecule has 166 valence electrons. The van der Waals surface area contributed by atoms with Crippen LogP contribution < -0.4 is 20.7 Å². The van der Waals surface area contributed by atoms with Gasteiger partial charge in [-0.3, -0.25) is 19.1 Å². The maximum atomic E-state index is 12.8. The average molecular weight is 447 g/mol. The number of hydrogen-bond acceptors (Lipinski definition) is 5. The quantitative estimate of drug-likeness (QED) is 0.494. The van der Waals surface area contributed by atoms with Gasteiger partial charge in [0.2, 0.25) is 21.8 Å². The highest BCUT2D eigenvalue weighted by atomic mass is 32.2. The highest BCUT2D eigenvalue weighted by molar-refractivity contribution is 7.92. The van der Waals surface area contributed by atoms with Gasteiger partial charge in [0.05, 0.1) is 23.9 Å². The first-order valence-corrected chi connectivity index (χ1v) is 11.4. The molecule has 9 nitrogen and oxygen atoms in total. The second-order valence-corrected chi connectivity index (χ2v) is 9.11. The van der Waals surface area contributed by atoms with Gasteiger partial charge in [0.25, 0.3) is 5.91 Å². The number of anilines is 3. The van der Waals surface area contributed by atoms with Crippen molar-refractivity contribution in [3.05, 3.63) is 53.6 Å². The fraction of sp³-hybridized carbons (Fsp3) is 0.286. The van der Waals surface area contributed by atoms with E-state index in [2.05, 4.69) is 20.7 Å². The van der Waals surface area contributed by atoms with Crippen LogP contribution in [0.3, 0.4) is 0 Å². The molecule has 3 amide bonds. The number of nitrogens with one attached hydrogen (secondary N) is 4. The number of benzene rings is 2. The minimum atomic E-state index is -3.62. The fourth-order valence-electron chi connectivity index (χ4n) is 2.76. The zero-order chi connectivity index (χ0) is 23.2. The van der Waals surface area contributed by atoms with Gasteiger partial charge in [0.15, 0.2) is 0 Å². The van der Waals surface area contributed by atoms with E-state index in [1.54, 1.807) is 24.3 Å². The van der Waals surface area contributed by atoms with E-state index in [9.17, 15) is 22.8 Å². The smallest absolute Gasteiger partial charge is 0.257 e. The molecule has 2 rings (SSSR count). The Bertz CT molecular complexity index is 1080. The number of rotatable bonds is 8. The summed E-state index contributed by atoms with van der Waals surface area (Å²) in [5.41, 5.74) is 1.72. The van der Waals surface area contributed by atoms with E-state index in [1.165, 1.54) is 25.1 Å².